The minimum Gasteiger partial charge on any atom is -0.493 e. The number of carbonyl (C=O) groups excluding carboxylic acids is 1. The van der Waals surface area contributed by atoms with Gasteiger partial charge in [-0.25, -0.2) is 0 Å². The molecule has 118 valence electrons. The molecule has 0 fully saturated rings. The number of ether oxygens (including phenoxy) is 3. The topological polar surface area (TPSA) is 80.6 Å². The number of hydrogen-bond acceptors (Lipinski definition) is 5. The zero-order valence-electron chi connectivity index (χ0n) is 13.2. The van der Waals surface area contributed by atoms with Crippen molar-refractivity contribution in [2.45, 2.75) is 13.3 Å². The smallest absolute Gasteiger partial charge is 0.261 e. The molecule has 6 heteroatoms. The first kappa shape index (κ1) is 17.4. The molecule has 22 heavy (non-hydrogen) atoms. The molecule has 0 atom stereocenters. The summed E-state index contributed by atoms with van der Waals surface area (Å²) in [6.07, 6.45) is 2.28. The minimum atomic E-state index is -0.405. The summed E-state index contributed by atoms with van der Waals surface area (Å²) in [7, 11) is 4.52. The number of benzene rings is 1. The predicted molar refractivity (Wildman–Crippen MR) is 83.0 cm³/mol. The van der Waals surface area contributed by atoms with Crippen molar-refractivity contribution in [1.82, 2.24) is 5.32 Å². The number of methoxy groups -OCH3 is 3. The summed E-state index contributed by atoms with van der Waals surface area (Å²) in [4.78, 5) is 11.9. The first-order valence-corrected chi connectivity index (χ1v) is 6.81. The average molecular weight is 304 g/mol. The van der Waals surface area contributed by atoms with E-state index in [1.807, 2.05) is 13.0 Å². The van der Waals surface area contributed by atoms with E-state index in [0.29, 0.717) is 29.4 Å². The number of amides is 1. The normalized spacial score (nSPS) is 10.6. The maximum Gasteiger partial charge on any atom is 0.261 e. The first-order valence-electron chi connectivity index (χ1n) is 6.81. The van der Waals surface area contributed by atoms with Crippen LogP contribution in [0, 0.1) is 11.3 Å². The van der Waals surface area contributed by atoms with E-state index in [1.165, 1.54) is 27.4 Å². The average Bonchev–Trinajstić information content (AvgIpc) is 2.56. The van der Waals surface area contributed by atoms with Gasteiger partial charge in [0.1, 0.15) is 11.6 Å². The summed E-state index contributed by atoms with van der Waals surface area (Å²) < 4.78 is 15.7. The maximum absolute atomic E-state index is 11.9. The number of rotatable bonds is 7. The lowest BCUT2D eigenvalue weighted by molar-refractivity contribution is -0.117. The van der Waals surface area contributed by atoms with Crippen LogP contribution < -0.4 is 19.5 Å². The number of nitrogens with zero attached hydrogens (tertiary/aromatic N) is 1. The van der Waals surface area contributed by atoms with Crippen LogP contribution in [0.1, 0.15) is 18.9 Å². The molecule has 0 saturated heterocycles. The van der Waals surface area contributed by atoms with E-state index in [4.69, 9.17) is 19.5 Å². The van der Waals surface area contributed by atoms with Crippen molar-refractivity contribution >= 4 is 12.0 Å². The van der Waals surface area contributed by atoms with Gasteiger partial charge in [0.25, 0.3) is 5.91 Å². The second-order valence-corrected chi connectivity index (χ2v) is 4.38. The fourth-order valence-corrected chi connectivity index (χ4v) is 1.83. The molecule has 0 aromatic heterocycles. The van der Waals surface area contributed by atoms with Gasteiger partial charge in [-0.1, -0.05) is 6.92 Å². The second kappa shape index (κ2) is 8.57. The molecule has 1 aromatic carbocycles. The fraction of sp³-hybridized carbons (Fsp3) is 0.375. The van der Waals surface area contributed by atoms with Crippen LogP contribution in [-0.4, -0.2) is 33.8 Å². The van der Waals surface area contributed by atoms with Crippen molar-refractivity contribution in [2.75, 3.05) is 27.9 Å². The third-order valence-corrected chi connectivity index (χ3v) is 2.90. The highest BCUT2D eigenvalue weighted by Gasteiger charge is 2.14. The second-order valence-electron chi connectivity index (χ2n) is 4.38. The van der Waals surface area contributed by atoms with Crippen molar-refractivity contribution in [1.29, 1.82) is 5.26 Å². The maximum atomic E-state index is 11.9. The molecule has 0 saturated carbocycles. The quantitative estimate of drug-likeness (QED) is 0.616. The summed E-state index contributed by atoms with van der Waals surface area (Å²) in [5.74, 6) is 0.966. The molecule has 1 amide bonds. The molecule has 0 aliphatic carbocycles. The largest absolute Gasteiger partial charge is 0.493 e. The zero-order valence-corrected chi connectivity index (χ0v) is 13.2. The van der Waals surface area contributed by atoms with Gasteiger partial charge >= 0.3 is 0 Å². The molecule has 1 aromatic rings. The monoisotopic (exact) mass is 304 g/mol. The number of carbonyl (C=O) groups is 1. The molecule has 1 N–H and O–H groups in total. The summed E-state index contributed by atoms with van der Waals surface area (Å²) >= 11 is 0. The van der Waals surface area contributed by atoms with E-state index in [-0.39, 0.29) is 5.57 Å². The van der Waals surface area contributed by atoms with Crippen molar-refractivity contribution in [3.05, 3.63) is 23.3 Å². The Bertz CT molecular complexity index is 578. The van der Waals surface area contributed by atoms with Gasteiger partial charge < -0.3 is 19.5 Å². The Morgan fingerprint density at radius 3 is 2.23 bits per heavy atom. The van der Waals surface area contributed by atoms with Crippen LogP contribution in [0.15, 0.2) is 17.7 Å². The lowest BCUT2D eigenvalue weighted by Gasteiger charge is -2.13. The van der Waals surface area contributed by atoms with Gasteiger partial charge in [0.05, 0.1) is 21.3 Å². The summed E-state index contributed by atoms with van der Waals surface area (Å²) in [6, 6.07) is 5.24. The van der Waals surface area contributed by atoms with Crippen LogP contribution in [0.4, 0.5) is 0 Å². The van der Waals surface area contributed by atoms with Crippen LogP contribution in [0.3, 0.4) is 0 Å². The van der Waals surface area contributed by atoms with Gasteiger partial charge in [-0.15, -0.1) is 0 Å². The highest BCUT2D eigenvalue weighted by molar-refractivity contribution is 6.01. The van der Waals surface area contributed by atoms with Crippen molar-refractivity contribution < 1.29 is 19.0 Å². The Hall–Kier alpha value is -2.68. The lowest BCUT2D eigenvalue weighted by Crippen LogP contribution is -2.25. The van der Waals surface area contributed by atoms with Crippen molar-refractivity contribution in [3.8, 4) is 23.3 Å². The van der Waals surface area contributed by atoms with E-state index in [0.717, 1.165) is 6.42 Å². The lowest BCUT2D eigenvalue weighted by atomic mass is 10.1. The third kappa shape index (κ3) is 4.16. The van der Waals surface area contributed by atoms with E-state index >= 15 is 0 Å². The molecule has 0 aliphatic heterocycles. The summed E-state index contributed by atoms with van der Waals surface area (Å²) in [5, 5.41) is 11.8. The predicted octanol–water partition coefficient (Wildman–Crippen LogP) is 2.15. The molecular formula is C16H20N2O4. The van der Waals surface area contributed by atoms with Crippen LogP contribution in [0.5, 0.6) is 17.2 Å². The van der Waals surface area contributed by atoms with Gasteiger partial charge in [0.15, 0.2) is 11.5 Å². The number of nitrogens with one attached hydrogen (secondary N) is 1. The van der Waals surface area contributed by atoms with Gasteiger partial charge in [-0.3, -0.25) is 4.79 Å². The van der Waals surface area contributed by atoms with E-state index in [1.54, 1.807) is 12.1 Å². The van der Waals surface area contributed by atoms with Gasteiger partial charge in [0.2, 0.25) is 5.75 Å². The Morgan fingerprint density at radius 2 is 1.82 bits per heavy atom. The minimum absolute atomic E-state index is 0.0164. The molecular weight excluding hydrogens is 284 g/mol. The summed E-state index contributed by atoms with van der Waals surface area (Å²) in [5.41, 5.74) is 0.625. The first-order chi connectivity index (χ1) is 10.6. The van der Waals surface area contributed by atoms with Crippen molar-refractivity contribution in [3.63, 3.8) is 0 Å². The molecule has 0 heterocycles. The molecule has 0 spiro atoms. The van der Waals surface area contributed by atoms with E-state index in [9.17, 15) is 4.79 Å². The molecule has 0 unspecified atom stereocenters. The highest BCUT2D eigenvalue weighted by Crippen LogP contribution is 2.38. The van der Waals surface area contributed by atoms with Gasteiger partial charge in [-0.05, 0) is 30.2 Å². The highest BCUT2D eigenvalue weighted by atomic mass is 16.5. The van der Waals surface area contributed by atoms with Crippen LogP contribution in [0.25, 0.3) is 6.08 Å². The van der Waals surface area contributed by atoms with Crippen LogP contribution in [-0.2, 0) is 4.79 Å². The Balaban J connectivity index is 3.22. The van der Waals surface area contributed by atoms with Crippen LogP contribution in [0.2, 0.25) is 0 Å². The Morgan fingerprint density at radius 1 is 1.23 bits per heavy atom. The standard InChI is InChI=1S/C16H20N2O4/c1-5-6-18-16(19)12(10-17)7-11-8-13(20-2)15(22-4)14(9-11)21-3/h7-9H,5-6H2,1-4H3,(H,18,19)/b12-7-. The molecule has 1 rings (SSSR count). The van der Waals surface area contributed by atoms with E-state index in [2.05, 4.69) is 5.32 Å². The van der Waals surface area contributed by atoms with Gasteiger partial charge in [0, 0.05) is 6.54 Å². The Labute approximate surface area is 130 Å². The fourth-order valence-electron chi connectivity index (χ4n) is 1.83. The van der Waals surface area contributed by atoms with E-state index < -0.39 is 5.91 Å². The SMILES string of the molecule is CCCNC(=O)/C(C#N)=C\c1cc(OC)c(OC)c(OC)c1. The molecule has 0 bridgehead atoms. The molecule has 0 aliphatic rings. The molecule has 0 radical (unpaired) electrons. The van der Waals surface area contributed by atoms with Crippen LogP contribution >= 0.6 is 0 Å². The zero-order chi connectivity index (χ0) is 16.5. The summed E-state index contributed by atoms with van der Waals surface area (Å²) in [6.45, 7) is 2.46. The number of nitriles is 1. The van der Waals surface area contributed by atoms with Crippen molar-refractivity contribution in [2.24, 2.45) is 0 Å². The number of hydrogen-bond donors (Lipinski definition) is 1. The van der Waals surface area contributed by atoms with Gasteiger partial charge in [-0.2, -0.15) is 5.26 Å². The Kier molecular flexibility index (Phi) is 6.77. The molecule has 6 nitrogen and oxygen atoms in total. The third-order valence-electron chi connectivity index (χ3n) is 2.90.